The van der Waals surface area contributed by atoms with Gasteiger partial charge in [-0.1, -0.05) is 24.3 Å². The zero-order valence-electron chi connectivity index (χ0n) is 40.8. The standard InChI is InChI=1S/C48H64N10O12/c1-48(2,3)70-47(68)51-26-32-69-31-25-50-42(63)33(52-44(65)35-16-11-20-39(60)54(35)5)23-30-58(46(67)37-18-13-22-41(62)56(37)7)28-9-8-27-57(45(66)36-17-12-21-40(61)55(36)6)29-14-24-49-43(64)34-15-10-19-38(59)53(34)4/h10-13,15-22,33H,8-9,14,23-32H2,1-7H3,(H,49,64)(H,50,63)(H,51,68)(H,52,65)/t33-/m0/s1. The largest absolute Gasteiger partial charge is 0.444 e. The van der Waals surface area contributed by atoms with Crippen LogP contribution in [0.4, 0.5) is 4.79 Å². The SMILES string of the molecule is Cn1c(C(=O)NCCCN(CCCCN(CC[C@H](NC(=O)c2cccc(=O)n2C)C(=O)NCCOCCNC(=O)OC(C)(C)C)C(=O)c2cccc(=O)n2C)C(=O)c2cccc(=O)n2C)cccc1=O. The van der Waals surface area contributed by atoms with E-state index in [2.05, 4.69) is 21.3 Å². The highest BCUT2D eigenvalue weighted by atomic mass is 16.6. The Labute approximate surface area is 404 Å². The van der Waals surface area contributed by atoms with Crippen molar-refractivity contribution in [2.24, 2.45) is 28.2 Å². The van der Waals surface area contributed by atoms with Gasteiger partial charge in [0.15, 0.2) is 0 Å². The molecule has 4 heterocycles. The van der Waals surface area contributed by atoms with Gasteiger partial charge in [0.2, 0.25) is 5.91 Å². The Morgan fingerprint density at radius 3 is 1.43 bits per heavy atom. The number of nitrogens with one attached hydrogen (secondary N) is 4. The van der Waals surface area contributed by atoms with Gasteiger partial charge in [-0.25, -0.2) is 4.79 Å². The molecule has 4 N–H and O–H groups in total. The van der Waals surface area contributed by atoms with Crippen molar-refractivity contribution in [1.29, 1.82) is 0 Å². The van der Waals surface area contributed by atoms with E-state index >= 15 is 0 Å². The Hall–Kier alpha value is -7.62. The monoisotopic (exact) mass is 972 g/mol. The highest BCUT2D eigenvalue weighted by molar-refractivity contribution is 5.97. The van der Waals surface area contributed by atoms with Crippen LogP contribution in [0.5, 0.6) is 0 Å². The van der Waals surface area contributed by atoms with Crippen LogP contribution in [0.15, 0.2) is 92.0 Å². The summed E-state index contributed by atoms with van der Waals surface area (Å²) in [6, 6.07) is 15.8. The van der Waals surface area contributed by atoms with E-state index in [1.54, 1.807) is 25.7 Å². The normalized spacial score (nSPS) is 11.5. The van der Waals surface area contributed by atoms with Gasteiger partial charge in [-0.2, -0.15) is 0 Å². The molecular weight excluding hydrogens is 909 g/mol. The average Bonchev–Trinajstić information content (AvgIpc) is 3.30. The Bertz CT molecular complexity index is 2740. The van der Waals surface area contributed by atoms with E-state index in [0.29, 0.717) is 19.3 Å². The van der Waals surface area contributed by atoms with Gasteiger partial charge in [0.25, 0.3) is 45.9 Å². The number of pyridine rings is 4. The maximum atomic E-state index is 14.2. The number of ether oxygens (including phenoxy) is 2. The Balaban J connectivity index is 1.49. The van der Waals surface area contributed by atoms with E-state index in [-0.39, 0.29) is 99.3 Å². The number of carbonyl (C=O) groups excluding carboxylic acids is 6. The van der Waals surface area contributed by atoms with E-state index in [4.69, 9.17) is 9.47 Å². The van der Waals surface area contributed by atoms with E-state index < -0.39 is 58.4 Å². The van der Waals surface area contributed by atoms with Gasteiger partial charge in [0, 0.05) is 98.3 Å². The average molecular weight is 973 g/mol. The maximum Gasteiger partial charge on any atom is 0.407 e. The third-order valence-corrected chi connectivity index (χ3v) is 11.0. The molecule has 0 aromatic carbocycles. The molecule has 22 nitrogen and oxygen atoms in total. The topological polar surface area (TPSA) is 263 Å². The second-order valence-corrected chi connectivity index (χ2v) is 17.3. The molecule has 1 atom stereocenters. The zero-order valence-corrected chi connectivity index (χ0v) is 40.8. The van der Waals surface area contributed by atoms with E-state index in [1.807, 2.05) is 0 Å². The Morgan fingerprint density at radius 2 is 0.943 bits per heavy atom. The fourth-order valence-electron chi connectivity index (χ4n) is 7.06. The minimum Gasteiger partial charge on any atom is -0.444 e. The van der Waals surface area contributed by atoms with Gasteiger partial charge in [-0.3, -0.25) is 43.2 Å². The molecular formula is C48H64N10O12. The van der Waals surface area contributed by atoms with Crippen molar-refractivity contribution in [3.8, 4) is 0 Å². The number of hydrogen-bond acceptors (Lipinski definition) is 12. The second kappa shape index (κ2) is 26.2. The molecule has 0 bridgehead atoms. The molecule has 4 aromatic heterocycles. The summed E-state index contributed by atoms with van der Waals surface area (Å²) in [4.78, 5) is 133. The minimum absolute atomic E-state index is 0.0153. The van der Waals surface area contributed by atoms with Crippen molar-refractivity contribution in [2.45, 2.75) is 58.1 Å². The van der Waals surface area contributed by atoms with Gasteiger partial charge >= 0.3 is 6.09 Å². The number of carbonyl (C=O) groups is 6. The highest BCUT2D eigenvalue weighted by Gasteiger charge is 2.27. The molecule has 0 spiro atoms. The first kappa shape index (κ1) is 55.0. The molecule has 70 heavy (non-hydrogen) atoms. The molecule has 0 fully saturated rings. The van der Waals surface area contributed by atoms with Gasteiger partial charge in [-0.15, -0.1) is 0 Å². The molecule has 0 unspecified atom stereocenters. The smallest absolute Gasteiger partial charge is 0.407 e. The summed E-state index contributed by atoms with van der Waals surface area (Å²) in [5.41, 5.74) is -1.93. The van der Waals surface area contributed by atoms with Crippen LogP contribution < -0.4 is 43.5 Å². The molecule has 0 aliphatic heterocycles. The predicted octanol–water partition coefficient (Wildman–Crippen LogP) is 0.513. The summed E-state index contributed by atoms with van der Waals surface area (Å²) in [5, 5.41) is 10.8. The first-order valence-corrected chi connectivity index (χ1v) is 22.8. The number of alkyl carbamates (subject to hydrolysis) is 1. The Morgan fingerprint density at radius 1 is 0.529 bits per heavy atom. The van der Waals surface area contributed by atoms with Gasteiger partial charge in [0.05, 0.1) is 13.2 Å². The number of nitrogens with zero attached hydrogens (tertiary/aromatic N) is 6. The Kier molecular flexibility index (Phi) is 20.6. The summed E-state index contributed by atoms with van der Waals surface area (Å²) in [5.74, 6) is -2.78. The van der Waals surface area contributed by atoms with Crippen molar-refractivity contribution in [1.82, 2.24) is 49.3 Å². The summed E-state index contributed by atoms with van der Waals surface area (Å²) < 4.78 is 15.5. The van der Waals surface area contributed by atoms with Crippen LogP contribution in [-0.2, 0) is 42.5 Å². The third-order valence-electron chi connectivity index (χ3n) is 11.0. The lowest BCUT2D eigenvalue weighted by atomic mass is 10.1. The van der Waals surface area contributed by atoms with Crippen LogP contribution >= 0.6 is 0 Å². The van der Waals surface area contributed by atoms with E-state index in [0.717, 1.165) is 4.57 Å². The maximum absolute atomic E-state index is 14.2. The number of aromatic nitrogens is 4. The number of rotatable bonds is 24. The molecule has 0 saturated carbocycles. The molecule has 0 aliphatic rings. The fourth-order valence-corrected chi connectivity index (χ4v) is 7.06. The van der Waals surface area contributed by atoms with Crippen LogP contribution in [0.3, 0.4) is 0 Å². The lowest BCUT2D eigenvalue weighted by Crippen LogP contribution is -2.50. The summed E-state index contributed by atoms with van der Waals surface area (Å²) in [6.07, 6.45) is 0.262. The van der Waals surface area contributed by atoms with Crippen LogP contribution in [0.25, 0.3) is 0 Å². The first-order valence-electron chi connectivity index (χ1n) is 22.8. The fraction of sp³-hybridized carbons (Fsp3) is 0.458. The number of amides is 6. The van der Waals surface area contributed by atoms with Crippen molar-refractivity contribution < 1.29 is 38.2 Å². The van der Waals surface area contributed by atoms with Crippen molar-refractivity contribution in [3.63, 3.8) is 0 Å². The van der Waals surface area contributed by atoms with Crippen LogP contribution in [-0.4, -0.2) is 134 Å². The molecule has 0 saturated heterocycles. The first-order chi connectivity index (χ1) is 33.2. The summed E-state index contributed by atoms with van der Waals surface area (Å²) in [7, 11) is 5.84. The van der Waals surface area contributed by atoms with Crippen LogP contribution in [0.2, 0.25) is 0 Å². The molecule has 378 valence electrons. The molecule has 6 amide bonds. The van der Waals surface area contributed by atoms with E-state index in [9.17, 15) is 47.9 Å². The molecule has 0 aliphatic carbocycles. The molecule has 4 aromatic rings. The van der Waals surface area contributed by atoms with E-state index in [1.165, 1.54) is 120 Å². The second-order valence-electron chi connectivity index (χ2n) is 17.3. The van der Waals surface area contributed by atoms with Crippen molar-refractivity contribution >= 4 is 35.6 Å². The predicted molar refractivity (Wildman–Crippen MR) is 259 cm³/mol. The van der Waals surface area contributed by atoms with Crippen LogP contribution in [0, 0.1) is 0 Å². The van der Waals surface area contributed by atoms with Gasteiger partial charge in [-0.05, 0) is 70.7 Å². The summed E-state index contributed by atoms with van der Waals surface area (Å²) >= 11 is 0. The number of hydrogen-bond donors (Lipinski definition) is 4. The lowest BCUT2D eigenvalue weighted by molar-refractivity contribution is -0.123. The van der Waals surface area contributed by atoms with Gasteiger partial charge < -0.3 is 58.8 Å². The molecule has 22 heteroatoms. The molecule has 4 rings (SSSR count). The lowest BCUT2D eigenvalue weighted by Gasteiger charge is -2.27. The summed E-state index contributed by atoms with van der Waals surface area (Å²) in [6.45, 7) is 6.03. The zero-order chi connectivity index (χ0) is 51.5. The van der Waals surface area contributed by atoms with Crippen LogP contribution in [0.1, 0.15) is 88.4 Å². The van der Waals surface area contributed by atoms with Crippen molar-refractivity contribution in [2.75, 3.05) is 59.0 Å². The minimum atomic E-state index is -1.23. The molecule has 0 radical (unpaired) electrons. The van der Waals surface area contributed by atoms with Gasteiger partial charge in [0.1, 0.15) is 34.4 Å². The third kappa shape index (κ3) is 16.3. The highest BCUT2D eigenvalue weighted by Crippen LogP contribution is 2.12. The number of unbranched alkanes of at least 4 members (excludes halogenated alkanes) is 1. The van der Waals surface area contributed by atoms with Crippen molar-refractivity contribution in [3.05, 3.63) is 137 Å². The quantitative estimate of drug-likeness (QED) is 0.0701.